The minimum atomic E-state index is -0.129. The number of hydrogen-bond donors (Lipinski definition) is 1. The smallest absolute Gasteiger partial charge is 0.154 e. The molecule has 0 aromatic carbocycles. The van der Waals surface area contributed by atoms with Gasteiger partial charge in [-0.25, -0.2) is 0 Å². The van der Waals surface area contributed by atoms with Crippen LogP contribution < -0.4 is 0 Å². The van der Waals surface area contributed by atoms with Crippen LogP contribution in [0.1, 0.15) is 16.8 Å². The van der Waals surface area contributed by atoms with Gasteiger partial charge in [0, 0.05) is 11.8 Å². The Morgan fingerprint density at radius 3 is 2.77 bits per heavy atom. The van der Waals surface area contributed by atoms with Crippen molar-refractivity contribution in [2.75, 3.05) is 0 Å². The molecule has 0 saturated carbocycles. The highest BCUT2D eigenvalue weighted by atomic mass is 16.3. The summed E-state index contributed by atoms with van der Waals surface area (Å²) in [6.45, 7) is 1.60. The minimum absolute atomic E-state index is 0.0870. The first-order chi connectivity index (χ1) is 6.20. The SMILES string of the molecule is Cc1ncc(CC#N)c(C#N)c1O. The zero-order valence-electron chi connectivity index (χ0n) is 7.07. The lowest BCUT2D eigenvalue weighted by Crippen LogP contribution is -1.94. The maximum Gasteiger partial charge on any atom is 0.154 e. The Bertz CT molecular complexity index is 412. The van der Waals surface area contributed by atoms with Crippen LogP contribution in [0.2, 0.25) is 0 Å². The first kappa shape index (κ1) is 9.02. The maximum absolute atomic E-state index is 9.41. The van der Waals surface area contributed by atoms with Crippen molar-refractivity contribution in [1.29, 1.82) is 10.5 Å². The standard InChI is InChI=1S/C9H7N3O/c1-6-9(13)8(4-11)7(2-3-10)5-12-6/h5,13H,2H2,1H3. The molecule has 4 heteroatoms. The Hall–Kier alpha value is -2.07. The molecule has 1 heterocycles. The zero-order chi connectivity index (χ0) is 9.84. The van der Waals surface area contributed by atoms with Gasteiger partial charge in [0.05, 0.1) is 18.2 Å². The maximum atomic E-state index is 9.41. The monoisotopic (exact) mass is 173 g/mol. The molecule has 1 rings (SSSR count). The van der Waals surface area contributed by atoms with Crippen molar-refractivity contribution in [2.24, 2.45) is 0 Å². The van der Waals surface area contributed by atoms with E-state index in [4.69, 9.17) is 10.5 Å². The molecule has 0 saturated heterocycles. The molecule has 13 heavy (non-hydrogen) atoms. The number of nitrogens with zero attached hydrogens (tertiary/aromatic N) is 3. The highest BCUT2D eigenvalue weighted by Gasteiger charge is 2.10. The quantitative estimate of drug-likeness (QED) is 0.687. The fraction of sp³-hybridized carbons (Fsp3) is 0.222. The molecule has 0 aliphatic rings. The van der Waals surface area contributed by atoms with E-state index in [1.807, 2.05) is 12.1 Å². The average Bonchev–Trinajstić information content (AvgIpc) is 2.12. The molecule has 0 aliphatic heterocycles. The highest BCUT2D eigenvalue weighted by Crippen LogP contribution is 2.22. The van der Waals surface area contributed by atoms with Gasteiger partial charge in [-0.15, -0.1) is 0 Å². The Balaban J connectivity index is 3.34. The molecular formula is C9H7N3O. The van der Waals surface area contributed by atoms with Crippen LogP contribution in [-0.4, -0.2) is 10.1 Å². The number of rotatable bonds is 1. The second-order valence-corrected chi connectivity index (χ2v) is 2.54. The van der Waals surface area contributed by atoms with Gasteiger partial charge in [-0.1, -0.05) is 0 Å². The Morgan fingerprint density at radius 1 is 1.54 bits per heavy atom. The van der Waals surface area contributed by atoms with Crippen LogP contribution in [-0.2, 0) is 6.42 Å². The number of aromatic hydroxyl groups is 1. The van der Waals surface area contributed by atoms with E-state index < -0.39 is 0 Å². The molecule has 1 N–H and O–H groups in total. The largest absolute Gasteiger partial charge is 0.505 e. The van der Waals surface area contributed by atoms with Crippen LogP contribution in [0.4, 0.5) is 0 Å². The van der Waals surface area contributed by atoms with Gasteiger partial charge in [0.1, 0.15) is 11.6 Å². The van der Waals surface area contributed by atoms with Crippen molar-refractivity contribution < 1.29 is 5.11 Å². The van der Waals surface area contributed by atoms with E-state index in [1.165, 1.54) is 6.20 Å². The van der Waals surface area contributed by atoms with Gasteiger partial charge in [-0.05, 0) is 6.92 Å². The summed E-state index contributed by atoms with van der Waals surface area (Å²) in [5.41, 5.74) is 1.01. The van der Waals surface area contributed by atoms with E-state index in [1.54, 1.807) is 6.92 Å². The summed E-state index contributed by atoms with van der Waals surface area (Å²) in [7, 11) is 0. The van der Waals surface area contributed by atoms with E-state index in [-0.39, 0.29) is 17.7 Å². The van der Waals surface area contributed by atoms with Crippen LogP contribution in [0.25, 0.3) is 0 Å². The molecular weight excluding hydrogens is 166 g/mol. The van der Waals surface area contributed by atoms with Crippen LogP contribution in [0, 0.1) is 29.6 Å². The van der Waals surface area contributed by atoms with Crippen LogP contribution in [0.15, 0.2) is 6.20 Å². The molecule has 1 aromatic heterocycles. The number of aromatic nitrogens is 1. The van der Waals surface area contributed by atoms with Gasteiger partial charge in [-0.3, -0.25) is 4.98 Å². The molecule has 0 fully saturated rings. The topological polar surface area (TPSA) is 80.7 Å². The fourth-order valence-corrected chi connectivity index (χ4v) is 0.977. The van der Waals surface area contributed by atoms with E-state index in [9.17, 15) is 5.11 Å². The predicted octanol–water partition coefficient (Wildman–Crippen LogP) is 1.03. The normalized spacial score (nSPS) is 8.85. The molecule has 0 amide bonds. The van der Waals surface area contributed by atoms with E-state index in [0.29, 0.717) is 11.3 Å². The summed E-state index contributed by atoms with van der Waals surface area (Å²) in [6.07, 6.45) is 1.53. The summed E-state index contributed by atoms with van der Waals surface area (Å²) >= 11 is 0. The van der Waals surface area contributed by atoms with Crippen molar-refractivity contribution in [3.05, 3.63) is 23.0 Å². The summed E-state index contributed by atoms with van der Waals surface area (Å²) < 4.78 is 0. The third kappa shape index (κ3) is 1.57. The Kier molecular flexibility index (Phi) is 2.47. The summed E-state index contributed by atoms with van der Waals surface area (Å²) in [5, 5.41) is 26.5. The fourth-order valence-electron chi connectivity index (χ4n) is 0.977. The zero-order valence-corrected chi connectivity index (χ0v) is 7.07. The van der Waals surface area contributed by atoms with Crippen molar-refractivity contribution in [1.82, 2.24) is 4.98 Å². The molecule has 0 spiro atoms. The second-order valence-electron chi connectivity index (χ2n) is 2.54. The van der Waals surface area contributed by atoms with Crippen LogP contribution in [0.3, 0.4) is 0 Å². The average molecular weight is 173 g/mol. The van der Waals surface area contributed by atoms with Crippen LogP contribution >= 0.6 is 0 Å². The number of nitriles is 2. The minimum Gasteiger partial charge on any atom is -0.505 e. The predicted molar refractivity (Wildman–Crippen MR) is 44.7 cm³/mol. The van der Waals surface area contributed by atoms with Gasteiger partial charge in [0.2, 0.25) is 0 Å². The number of hydrogen-bond acceptors (Lipinski definition) is 4. The third-order valence-electron chi connectivity index (χ3n) is 1.70. The molecule has 0 radical (unpaired) electrons. The lowest BCUT2D eigenvalue weighted by atomic mass is 10.1. The molecule has 0 unspecified atom stereocenters. The van der Waals surface area contributed by atoms with E-state index in [2.05, 4.69) is 4.98 Å². The van der Waals surface area contributed by atoms with Crippen molar-refractivity contribution in [3.8, 4) is 17.9 Å². The molecule has 64 valence electrons. The summed E-state index contributed by atoms with van der Waals surface area (Å²) in [5.74, 6) is -0.129. The Labute approximate surface area is 75.7 Å². The molecule has 0 bridgehead atoms. The van der Waals surface area contributed by atoms with Gasteiger partial charge < -0.3 is 5.11 Å². The first-order valence-corrected chi connectivity index (χ1v) is 3.65. The van der Waals surface area contributed by atoms with Gasteiger partial charge in [-0.2, -0.15) is 10.5 Å². The molecule has 0 aliphatic carbocycles. The second kappa shape index (κ2) is 3.55. The molecule has 0 atom stereocenters. The van der Waals surface area contributed by atoms with Crippen LogP contribution in [0.5, 0.6) is 5.75 Å². The van der Waals surface area contributed by atoms with Gasteiger partial charge in [0.25, 0.3) is 0 Å². The van der Waals surface area contributed by atoms with Crippen molar-refractivity contribution in [3.63, 3.8) is 0 Å². The summed E-state index contributed by atoms with van der Waals surface area (Å²) in [4.78, 5) is 3.85. The van der Waals surface area contributed by atoms with E-state index in [0.717, 1.165) is 0 Å². The lowest BCUT2D eigenvalue weighted by molar-refractivity contribution is 0.465. The van der Waals surface area contributed by atoms with Gasteiger partial charge in [0.15, 0.2) is 5.75 Å². The van der Waals surface area contributed by atoms with Gasteiger partial charge >= 0.3 is 0 Å². The molecule has 4 nitrogen and oxygen atoms in total. The third-order valence-corrected chi connectivity index (χ3v) is 1.70. The highest BCUT2D eigenvalue weighted by molar-refractivity contribution is 5.49. The summed E-state index contributed by atoms with van der Waals surface area (Å²) in [6, 6.07) is 3.75. The molecule has 1 aromatic rings. The number of pyridine rings is 1. The Morgan fingerprint density at radius 2 is 2.23 bits per heavy atom. The van der Waals surface area contributed by atoms with Crippen molar-refractivity contribution in [2.45, 2.75) is 13.3 Å². The van der Waals surface area contributed by atoms with Crippen molar-refractivity contribution >= 4 is 0 Å². The number of aryl methyl sites for hydroxylation is 1. The first-order valence-electron chi connectivity index (χ1n) is 3.65. The lowest BCUT2D eigenvalue weighted by Gasteiger charge is -2.03. The van der Waals surface area contributed by atoms with E-state index >= 15 is 0 Å².